The molecule has 0 aliphatic carbocycles. The Morgan fingerprint density at radius 2 is 1.96 bits per heavy atom. The molecule has 0 aliphatic heterocycles. The van der Waals surface area contributed by atoms with Crippen LogP contribution in [0.3, 0.4) is 0 Å². The summed E-state index contributed by atoms with van der Waals surface area (Å²) in [5, 5.41) is 7.65. The van der Waals surface area contributed by atoms with E-state index >= 15 is 0 Å². The normalized spacial score (nSPS) is 11.5. The molecule has 1 unspecified atom stereocenters. The van der Waals surface area contributed by atoms with Crippen molar-refractivity contribution in [2.24, 2.45) is 0 Å². The second kappa shape index (κ2) is 9.56. The first kappa shape index (κ1) is 20.2. The molecule has 1 atom stereocenters. The summed E-state index contributed by atoms with van der Waals surface area (Å²) in [6, 6.07) is 7.55. The molecule has 2 aromatic rings. The van der Waals surface area contributed by atoms with Gasteiger partial charge in [0.05, 0.1) is 36.2 Å². The van der Waals surface area contributed by atoms with E-state index in [1.165, 1.54) is 36.6 Å². The highest BCUT2D eigenvalue weighted by atomic mass is 35.5. The van der Waals surface area contributed by atoms with Crippen LogP contribution < -0.4 is 10.6 Å². The molecule has 0 aliphatic rings. The van der Waals surface area contributed by atoms with E-state index in [4.69, 9.17) is 23.2 Å². The number of esters is 1. The lowest BCUT2D eigenvalue weighted by Crippen LogP contribution is -2.39. The summed E-state index contributed by atoms with van der Waals surface area (Å²) >= 11 is 13.1. The second-order valence-corrected chi connectivity index (χ2v) is 7.02. The number of thiophene rings is 1. The molecule has 0 radical (unpaired) electrons. The van der Waals surface area contributed by atoms with Gasteiger partial charge in [-0.25, -0.2) is 0 Å². The zero-order chi connectivity index (χ0) is 19.1. The molecule has 1 heterocycles. The number of halogens is 2. The van der Waals surface area contributed by atoms with Gasteiger partial charge in [-0.3, -0.25) is 14.4 Å². The topological polar surface area (TPSA) is 84.5 Å². The van der Waals surface area contributed by atoms with Crippen LogP contribution >= 0.6 is 34.5 Å². The zero-order valence-electron chi connectivity index (χ0n) is 13.8. The van der Waals surface area contributed by atoms with E-state index in [1.807, 2.05) is 17.5 Å². The Morgan fingerprint density at radius 3 is 2.58 bits per heavy atom. The van der Waals surface area contributed by atoms with Crippen molar-refractivity contribution < 1.29 is 19.1 Å². The molecule has 0 fully saturated rings. The first-order chi connectivity index (χ1) is 12.4. The van der Waals surface area contributed by atoms with Crippen LogP contribution in [-0.4, -0.2) is 31.4 Å². The third-order valence-corrected chi connectivity index (χ3v) is 5.14. The summed E-state index contributed by atoms with van der Waals surface area (Å²) in [4.78, 5) is 36.6. The lowest BCUT2D eigenvalue weighted by Gasteiger charge is -2.16. The predicted molar refractivity (Wildman–Crippen MR) is 101 cm³/mol. The molecule has 2 rings (SSSR count). The largest absolute Gasteiger partial charge is 0.469 e. The monoisotopic (exact) mass is 414 g/mol. The van der Waals surface area contributed by atoms with Crippen LogP contribution in [0.15, 0.2) is 35.7 Å². The number of hydrogen-bond donors (Lipinski definition) is 2. The number of methoxy groups -OCH3 is 1. The third kappa shape index (κ3) is 5.72. The van der Waals surface area contributed by atoms with Crippen molar-refractivity contribution in [3.05, 3.63) is 56.2 Å². The van der Waals surface area contributed by atoms with E-state index in [0.717, 1.165) is 4.88 Å². The molecule has 9 heteroatoms. The van der Waals surface area contributed by atoms with Crippen LogP contribution in [0.1, 0.15) is 27.7 Å². The molecule has 2 N–H and O–H groups in total. The smallest absolute Gasteiger partial charge is 0.307 e. The molecule has 0 spiro atoms. The van der Waals surface area contributed by atoms with Crippen molar-refractivity contribution in [3.63, 3.8) is 0 Å². The van der Waals surface area contributed by atoms with Crippen LogP contribution in [0.2, 0.25) is 10.0 Å². The van der Waals surface area contributed by atoms with Crippen LogP contribution in [-0.2, 0) is 14.3 Å². The fraction of sp³-hybridized carbons (Fsp3) is 0.235. The Bertz CT molecular complexity index is 796. The van der Waals surface area contributed by atoms with Crippen LogP contribution in [0.5, 0.6) is 0 Å². The molecule has 0 saturated heterocycles. The van der Waals surface area contributed by atoms with E-state index in [-0.39, 0.29) is 23.6 Å². The highest BCUT2D eigenvalue weighted by Crippen LogP contribution is 2.23. The maximum Gasteiger partial charge on any atom is 0.307 e. The molecule has 1 aromatic carbocycles. The number of nitrogens with one attached hydrogen (secondary N) is 2. The van der Waals surface area contributed by atoms with Crippen molar-refractivity contribution in [2.75, 3.05) is 13.7 Å². The van der Waals surface area contributed by atoms with Crippen molar-refractivity contribution in [3.8, 4) is 0 Å². The van der Waals surface area contributed by atoms with E-state index < -0.39 is 23.8 Å². The zero-order valence-corrected chi connectivity index (χ0v) is 16.1. The predicted octanol–water partition coefficient (Wildman–Crippen LogP) is 3.21. The van der Waals surface area contributed by atoms with E-state index in [2.05, 4.69) is 15.4 Å². The fourth-order valence-corrected chi connectivity index (χ4v) is 3.18. The Morgan fingerprint density at radius 1 is 1.19 bits per heavy atom. The summed E-state index contributed by atoms with van der Waals surface area (Å²) in [7, 11) is 1.28. The number of rotatable bonds is 7. The third-order valence-electron chi connectivity index (χ3n) is 3.41. The standard InChI is InChI=1S/C17H16Cl2N2O4S/c1-25-16(23)8-13(14-3-2-6-26-14)21-15(22)9-20-17(24)10-4-5-11(18)12(19)7-10/h2-7,13H,8-9H2,1H3,(H,20,24)(H,21,22). The average molecular weight is 415 g/mol. The molecular formula is C17H16Cl2N2O4S. The van der Waals surface area contributed by atoms with E-state index in [0.29, 0.717) is 5.02 Å². The van der Waals surface area contributed by atoms with Gasteiger partial charge >= 0.3 is 5.97 Å². The van der Waals surface area contributed by atoms with Gasteiger partial charge in [-0.2, -0.15) is 0 Å². The quantitative estimate of drug-likeness (QED) is 0.681. The summed E-state index contributed by atoms with van der Waals surface area (Å²) in [5.41, 5.74) is 0.288. The number of hydrogen-bond acceptors (Lipinski definition) is 5. The summed E-state index contributed by atoms with van der Waals surface area (Å²) < 4.78 is 4.66. The van der Waals surface area contributed by atoms with Crippen molar-refractivity contribution in [1.82, 2.24) is 10.6 Å². The maximum atomic E-state index is 12.2. The lowest BCUT2D eigenvalue weighted by atomic mass is 10.1. The Balaban J connectivity index is 1.94. The molecule has 0 bridgehead atoms. The lowest BCUT2D eigenvalue weighted by molar-refractivity contribution is -0.141. The minimum absolute atomic E-state index is 0.00346. The van der Waals surface area contributed by atoms with Crippen molar-refractivity contribution >= 4 is 52.3 Å². The average Bonchev–Trinajstić information content (AvgIpc) is 3.16. The fourth-order valence-electron chi connectivity index (χ4n) is 2.11. The summed E-state index contributed by atoms with van der Waals surface area (Å²) in [6.07, 6.45) is 0.00346. The van der Waals surface area contributed by atoms with Gasteiger partial charge in [0.1, 0.15) is 0 Å². The van der Waals surface area contributed by atoms with Gasteiger partial charge in [0.15, 0.2) is 0 Å². The second-order valence-electron chi connectivity index (χ2n) is 5.23. The Kier molecular flexibility index (Phi) is 7.44. The molecule has 26 heavy (non-hydrogen) atoms. The summed E-state index contributed by atoms with van der Waals surface area (Å²) in [5.74, 6) is -1.33. The highest BCUT2D eigenvalue weighted by Gasteiger charge is 2.20. The van der Waals surface area contributed by atoms with Crippen molar-refractivity contribution in [2.45, 2.75) is 12.5 Å². The Hall–Kier alpha value is -2.09. The van der Waals surface area contributed by atoms with Gasteiger partial charge in [0.2, 0.25) is 5.91 Å². The number of ether oxygens (including phenoxy) is 1. The minimum Gasteiger partial charge on any atom is -0.469 e. The maximum absolute atomic E-state index is 12.2. The Labute approximate surface area is 164 Å². The van der Waals surface area contributed by atoms with Crippen LogP contribution in [0.4, 0.5) is 0 Å². The van der Waals surface area contributed by atoms with Gasteiger partial charge in [0.25, 0.3) is 5.91 Å². The van der Waals surface area contributed by atoms with Crippen molar-refractivity contribution in [1.29, 1.82) is 0 Å². The van der Waals surface area contributed by atoms with Crippen LogP contribution in [0, 0.1) is 0 Å². The number of amides is 2. The van der Waals surface area contributed by atoms with Gasteiger partial charge in [0, 0.05) is 10.4 Å². The minimum atomic E-state index is -0.517. The molecule has 0 saturated carbocycles. The molecule has 138 valence electrons. The molecule has 6 nitrogen and oxygen atoms in total. The van der Waals surface area contributed by atoms with Gasteiger partial charge in [-0.15, -0.1) is 11.3 Å². The molecule has 1 aromatic heterocycles. The van der Waals surface area contributed by atoms with Gasteiger partial charge in [-0.05, 0) is 29.6 Å². The first-order valence-electron chi connectivity index (χ1n) is 7.53. The SMILES string of the molecule is COC(=O)CC(NC(=O)CNC(=O)c1ccc(Cl)c(Cl)c1)c1cccs1. The number of carbonyl (C=O) groups is 3. The highest BCUT2D eigenvalue weighted by molar-refractivity contribution is 7.10. The van der Waals surface area contributed by atoms with E-state index in [1.54, 1.807) is 0 Å². The van der Waals surface area contributed by atoms with Gasteiger partial charge < -0.3 is 15.4 Å². The summed E-state index contributed by atoms with van der Waals surface area (Å²) in [6.45, 7) is -0.248. The van der Waals surface area contributed by atoms with Crippen LogP contribution in [0.25, 0.3) is 0 Å². The first-order valence-corrected chi connectivity index (χ1v) is 9.17. The number of benzene rings is 1. The van der Waals surface area contributed by atoms with E-state index in [9.17, 15) is 14.4 Å². The van der Waals surface area contributed by atoms with Gasteiger partial charge in [-0.1, -0.05) is 29.3 Å². The molecule has 2 amide bonds. The molecular weight excluding hydrogens is 399 g/mol. The number of carbonyl (C=O) groups excluding carboxylic acids is 3.